The quantitative estimate of drug-likeness (QED) is 0.683. The number of hydrogen-bond acceptors (Lipinski definition) is 3. The number of nitrogens with one attached hydrogen (secondary N) is 1. The molecule has 0 atom stereocenters. The maximum Gasteiger partial charge on any atom is 0.276 e. The van der Waals surface area contributed by atoms with E-state index in [4.69, 9.17) is 0 Å². The Morgan fingerprint density at radius 1 is 0.933 bits per heavy atom. The highest BCUT2D eigenvalue weighted by Crippen LogP contribution is 2.31. The lowest BCUT2D eigenvalue weighted by molar-refractivity contribution is 0.102. The first-order chi connectivity index (χ1) is 14.7. The van der Waals surface area contributed by atoms with E-state index >= 15 is 0 Å². The predicted octanol–water partition coefficient (Wildman–Crippen LogP) is 4.74. The fourth-order valence-electron chi connectivity index (χ4n) is 4.57. The molecule has 0 bridgehead atoms. The molecule has 0 radical (unpaired) electrons. The number of para-hydroxylation sites is 2. The van der Waals surface area contributed by atoms with Gasteiger partial charge in [-0.25, -0.2) is 9.07 Å². The van der Waals surface area contributed by atoms with Crippen molar-refractivity contribution in [1.29, 1.82) is 0 Å². The van der Waals surface area contributed by atoms with Gasteiger partial charge >= 0.3 is 0 Å². The molecule has 0 saturated carbocycles. The van der Waals surface area contributed by atoms with Crippen molar-refractivity contribution in [2.45, 2.75) is 38.5 Å². The van der Waals surface area contributed by atoms with Gasteiger partial charge in [-0.05, 0) is 74.9 Å². The van der Waals surface area contributed by atoms with Crippen LogP contribution in [0.5, 0.6) is 0 Å². The third kappa shape index (κ3) is 3.47. The van der Waals surface area contributed by atoms with E-state index in [9.17, 15) is 9.18 Å². The van der Waals surface area contributed by atoms with Crippen LogP contribution in [0.2, 0.25) is 0 Å². The lowest BCUT2D eigenvalue weighted by Gasteiger charge is -2.21. The Labute approximate surface area is 175 Å². The average Bonchev–Trinajstić information content (AvgIpc) is 3.43. The highest BCUT2D eigenvalue weighted by atomic mass is 19.1. The monoisotopic (exact) mass is 404 g/mol. The van der Waals surface area contributed by atoms with Gasteiger partial charge in [-0.2, -0.15) is 5.10 Å². The van der Waals surface area contributed by atoms with Gasteiger partial charge in [0, 0.05) is 24.3 Å². The summed E-state index contributed by atoms with van der Waals surface area (Å²) in [4.78, 5) is 15.6. The minimum absolute atomic E-state index is 0.180. The number of carbonyl (C=O) groups is 1. The Kier molecular flexibility index (Phi) is 4.99. The van der Waals surface area contributed by atoms with E-state index in [1.807, 2.05) is 22.9 Å². The molecular weight excluding hydrogens is 379 g/mol. The molecule has 1 aliphatic carbocycles. The van der Waals surface area contributed by atoms with Crippen molar-refractivity contribution in [3.63, 3.8) is 0 Å². The summed E-state index contributed by atoms with van der Waals surface area (Å²) in [6.45, 7) is 2.03. The minimum atomic E-state index is -0.281. The molecule has 0 unspecified atom stereocenters. The number of hydrogen-bond donors (Lipinski definition) is 1. The maximum atomic E-state index is 13.4. The van der Waals surface area contributed by atoms with Crippen molar-refractivity contribution in [2.75, 3.05) is 23.3 Å². The summed E-state index contributed by atoms with van der Waals surface area (Å²) in [7, 11) is 0. The molecule has 0 spiro atoms. The zero-order valence-electron chi connectivity index (χ0n) is 16.9. The van der Waals surface area contributed by atoms with Crippen LogP contribution >= 0.6 is 0 Å². The third-order valence-corrected chi connectivity index (χ3v) is 6.07. The number of aromatic nitrogens is 2. The van der Waals surface area contributed by atoms with Crippen LogP contribution in [0.1, 0.15) is 47.4 Å². The van der Waals surface area contributed by atoms with Gasteiger partial charge in [-0.1, -0.05) is 12.1 Å². The molecule has 5 nitrogen and oxygen atoms in total. The standard InChI is InChI=1S/C24H25FN4O/c25-17-11-13-18(14-12-17)29-21-9-3-1-7-19(21)23(27-29)24(30)26-20-8-2-4-10-22(20)28-15-5-6-16-28/h2,4,8,10-14H,1,3,5-7,9,15-16H2,(H,26,30). The Morgan fingerprint density at radius 3 is 2.47 bits per heavy atom. The number of benzene rings is 2. The second kappa shape index (κ2) is 7.94. The van der Waals surface area contributed by atoms with E-state index in [0.717, 1.165) is 67.1 Å². The van der Waals surface area contributed by atoms with Crippen LogP contribution in [0, 0.1) is 5.82 Å². The fraction of sp³-hybridized carbons (Fsp3) is 0.333. The number of fused-ring (bicyclic) bond motifs is 1. The van der Waals surface area contributed by atoms with Gasteiger partial charge in [-0.15, -0.1) is 0 Å². The SMILES string of the molecule is O=C(Nc1ccccc1N1CCCC1)c1nn(-c2ccc(F)cc2)c2c1CCCC2. The summed E-state index contributed by atoms with van der Waals surface area (Å²) in [6.07, 6.45) is 6.19. The molecule has 154 valence electrons. The molecule has 3 aromatic rings. The first-order valence-corrected chi connectivity index (χ1v) is 10.7. The van der Waals surface area contributed by atoms with Crippen molar-refractivity contribution < 1.29 is 9.18 Å². The summed E-state index contributed by atoms with van der Waals surface area (Å²) in [5.41, 5.74) is 5.23. The van der Waals surface area contributed by atoms with Crippen molar-refractivity contribution in [3.8, 4) is 5.69 Å². The first kappa shape index (κ1) is 18.9. The molecule has 30 heavy (non-hydrogen) atoms. The number of halogens is 1. The molecule has 1 aromatic heterocycles. The van der Waals surface area contributed by atoms with Gasteiger partial charge in [0.25, 0.3) is 5.91 Å². The van der Waals surface area contributed by atoms with Crippen LogP contribution in [-0.4, -0.2) is 28.8 Å². The zero-order chi connectivity index (χ0) is 20.5. The van der Waals surface area contributed by atoms with E-state index < -0.39 is 0 Å². The smallest absolute Gasteiger partial charge is 0.276 e. The maximum absolute atomic E-state index is 13.4. The van der Waals surface area contributed by atoms with E-state index in [1.54, 1.807) is 12.1 Å². The second-order valence-electron chi connectivity index (χ2n) is 8.03. The second-order valence-corrected chi connectivity index (χ2v) is 8.03. The van der Waals surface area contributed by atoms with E-state index in [-0.39, 0.29) is 11.7 Å². The van der Waals surface area contributed by atoms with Gasteiger partial charge in [0.1, 0.15) is 5.82 Å². The van der Waals surface area contributed by atoms with Crippen molar-refractivity contribution >= 4 is 17.3 Å². The summed E-state index contributed by atoms with van der Waals surface area (Å²) in [5, 5.41) is 7.79. The van der Waals surface area contributed by atoms with Gasteiger partial charge in [-0.3, -0.25) is 4.79 Å². The molecule has 6 heteroatoms. The largest absolute Gasteiger partial charge is 0.370 e. The zero-order valence-corrected chi connectivity index (χ0v) is 16.9. The molecule has 2 aromatic carbocycles. The van der Waals surface area contributed by atoms with Gasteiger partial charge < -0.3 is 10.2 Å². The Balaban J connectivity index is 1.49. The number of carbonyl (C=O) groups excluding carboxylic acids is 1. The molecule has 1 aliphatic heterocycles. The number of amides is 1. The molecule has 1 saturated heterocycles. The Hall–Kier alpha value is -3.15. The number of anilines is 2. The normalized spacial score (nSPS) is 15.8. The molecule has 1 amide bonds. The van der Waals surface area contributed by atoms with Gasteiger partial charge in [0.05, 0.1) is 17.1 Å². The molecular formula is C24H25FN4O. The van der Waals surface area contributed by atoms with Crippen molar-refractivity contribution in [3.05, 3.63) is 71.3 Å². The predicted molar refractivity (Wildman–Crippen MR) is 116 cm³/mol. The van der Waals surface area contributed by atoms with E-state index in [1.165, 1.54) is 25.0 Å². The Bertz CT molecular complexity index is 1070. The fourth-order valence-corrected chi connectivity index (χ4v) is 4.57. The highest BCUT2D eigenvalue weighted by molar-refractivity contribution is 6.05. The van der Waals surface area contributed by atoms with Crippen LogP contribution in [0.15, 0.2) is 48.5 Å². The number of nitrogens with zero attached hydrogens (tertiary/aromatic N) is 3. The van der Waals surface area contributed by atoms with Gasteiger partial charge in [0.2, 0.25) is 0 Å². The minimum Gasteiger partial charge on any atom is -0.370 e. The summed E-state index contributed by atoms with van der Waals surface area (Å²) < 4.78 is 15.2. The molecule has 1 N–H and O–H groups in total. The molecule has 2 aliphatic rings. The molecule has 5 rings (SSSR count). The summed E-state index contributed by atoms with van der Waals surface area (Å²) in [5.74, 6) is -0.461. The van der Waals surface area contributed by atoms with Crippen LogP contribution in [-0.2, 0) is 12.8 Å². The van der Waals surface area contributed by atoms with Crippen LogP contribution in [0.4, 0.5) is 15.8 Å². The van der Waals surface area contributed by atoms with E-state index in [0.29, 0.717) is 5.69 Å². The summed E-state index contributed by atoms with van der Waals surface area (Å²) in [6, 6.07) is 14.2. The van der Waals surface area contributed by atoms with Crippen molar-refractivity contribution in [1.82, 2.24) is 9.78 Å². The lowest BCUT2D eigenvalue weighted by Crippen LogP contribution is -2.22. The van der Waals surface area contributed by atoms with Crippen LogP contribution in [0.3, 0.4) is 0 Å². The number of rotatable bonds is 4. The van der Waals surface area contributed by atoms with Crippen LogP contribution in [0.25, 0.3) is 5.69 Å². The highest BCUT2D eigenvalue weighted by Gasteiger charge is 2.26. The molecule has 1 fully saturated rings. The summed E-state index contributed by atoms with van der Waals surface area (Å²) >= 11 is 0. The van der Waals surface area contributed by atoms with Crippen LogP contribution < -0.4 is 10.2 Å². The van der Waals surface area contributed by atoms with E-state index in [2.05, 4.69) is 21.4 Å². The lowest BCUT2D eigenvalue weighted by atomic mass is 9.95. The molecule has 2 heterocycles. The first-order valence-electron chi connectivity index (χ1n) is 10.7. The van der Waals surface area contributed by atoms with Gasteiger partial charge in [0.15, 0.2) is 5.69 Å². The Morgan fingerprint density at radius 2 is 1.67 bits per heavy atom. The van der Waals surface area contributed by atoms with Crippen molar-refractivity contribution in [2.24, 2.45) is 0 Å². The third-order valence-electron chi connectivity index (χ3n) is 6.07. The average molecular weight is 404 g/mol. The topological polar surface area (TPSA) is 50.2 Å².